The van der Waals surface area contributed by atoms with E-state index in [0.717, 1.165) is 62.0 Å². The monoisotopic (exact) mass is 484 g/mol. The van der Waals surface area contributed by atoms with E-state index < -0.39 is 0 Å². The van der Waals surface area contributed by atoms with Gasteiger partial charge in [-0.25, -0.2) is 0 Å². The van der Waals surface area contributed by atoms with E-state index in [4.69, 9.17) is 4.74 Å². The van der Waals surface area contributed by atoms with Crippen molar-refractivity contribution < 1.29 is 9.53 Å². The molecule has 0 radical (unpaired) electrons. The number of ether oxygens (including phenoxy) is 1. The Morgan fingerprint density at radius 1 is 1.06 bits per heavy atom. The van der Waals surface area contributed by atoms with Gasteiger partial charge in [-0.15, -0.1) is 0 Å². The van der Waals surface area contributed by atoms with Crippen molar-refractivity contribution in [1.29, 1.82) is 0 Å². The predicted octanol–water partition coefficient (Wildman–Crippen LogP) is 6.39. The van der Waals surface area contributed by atoms with Gasteiger partial charge in [0.25, 0.3) is 5.91 Å². The lowest BCUT2D eigenvalue weighted by Gasteiger charge is -2.54. The first kappa shape index (κ1) is 24.8. The van der Waals surface area contributed by atoms with Crippen LogP contribution in [0, 0.1) is 11.8 Å². The average Bonchev–Trinajstić information content (AvgIpc) is 2.90. The summed E-state index contributed by atoms with van der Waals surface area (Å²) in [7, 11) is 4.00. The van der Waals surface area contributed by atoms with Gasteiger partial charge in [0.2, 0.25) is 0 Å². The summed E-state index contributed by atoms with van der Waals surface area (Å²) < 4.78 is 5.63. The third kappa shape index (κ3) is 4.76. The number of amides is 1. The van der Waals surface area contributed by atoms with E-state index in [1.54, 1.807) is 7.11 Å². The Kier molecular flexibility index (Phi) is 7.07. The smallest absolute Gasteiger partial charge is 0.254 e. The van der Waals surface area contributed by atoms with Crippen LogP contribution in [0.25, 0.3) is 10.8 Å². The second-order valence-electron chi connectivity index (χ2n) is 11.4. The van der Waals surface area contributed by atoms with Crippen molar-refractivity contribution in [3.8, 4) is 5.75 Å². The van der Waals surface area contributed by atoms with Gasteiger partial charge in [0.05, 0.1) is 7.11 Å². The zero-order chi connectivity index (χ0) is 25.3. The topological polar surface area (TPSA) is 32.8 Å². The molecule has 4 nitrogen and oxygen atoms in total. The summed E-state index contributed by atoms with van der Waals surface area (Å²) in [5, 5.41) is 2.30. The van der Waals surface area contributed by atoms with Crippen molar-refractivity contribution >= 4 is 16.7 Å². The molecular formula is C32H40N2O2. The maximum Gasteiger partial charge on any atom is 0.254 e. The molecule has 1 aliphatic carbocycles. The number of carbonyl (C=O) groups excluding carboxylic acids is 1. The molecule has 2 fully saturated rings. The Labute approximate surface area is 216 Å². The number of hydrogen-bond donors (Lipinski definition) is 0. The molecule has 36 heavy (non-hydrogen) atoms. The molecule has 1 saturated carbocycles. The first-order valence-corrected chi connectivity index (χ1v) is 13.5. The highest BCUT2D eigenvalue weighted by atomic mass is 16.5. The third-order valence-corrected chi connectivity index (χ3v) is 8.61. The van der Waals surface area contributed by atoms with Gasteiger partial charge in [-0.05, 0) is 91.7 Å². The standard InChI is InChI=1S/C32H40N2O2/c1-23(2)21-34(31(35)26-13-12-24-8-5-6-9-25(24)18-26)29-15-14-28-22-33(3)17-16-32(28,20-29)27-10-7-11-30(19-27)36-4/h5-13,18-19,23,28-29H,14-17,20-22H2,1-4H3. The van der Waals surface area contributed by atoms with Crippen molar-refractivity contribution in [3.63, 3.8) is 0 Å². The molecule has 5 rings (SSSR count). The number of benzene rings is 3. The van der Waals surface area contributed by atoms with E-state index in [1.165, 1.54) is 10.9 Å². The molecule has 4 heteroatoms. The number of piperidine rings is 1. The van der Waals surface area contributed by atoms with Gasteiger partial charge in [0.1, 0.15) is 5.75 Å². The fraction of sp³-hybridized carbons (Fsp3) is 0.469. The van der Waals surface area contributed by atoms with Crippen LogP contribution in [0.3, 0.4) is 0 Å². The third-order valence-electron chi connectivity index (χ3n) is 8.61. The molecular weight excluding hydrogens is 444 g/mol. The largest absolute Gasteiger partial charge is 0.497 e. The highest BCUT2D eigenvalue weighted by Crippen LogP contribution is 2.50. The first-order valence-electron chi connectivity index (χ1n) is 13.5. The van der Waals surface area contributed by atoms with Gasteiger partial charge >= 0.3 is 0 Å². The molecule has 1 amide bonds. The van der Waals surface area contributed by atoms with Crippen LogP contribution in [-0.4, -0.2) is 55.5 Å². The zero-order valence-electron chi connectivity index (χ0n) is 22.2. The summed E-state index contributed by atoms with van der Waals surface area (Å²) >= 11 is 0. The molecule has 0 N–H and O–H groups in total. The number of methoxy groups -OCH3 is 1. The lowest BCUT2D eigenvalue weighted by Crippen LogP contribution is -2.56. The van der Waals surface area contributed by atoms with Gasteiger partial charge in [0, 0.05) is 30.1 Å². The van der Waals surface area contributed by atoms with Gasteiger partial charge in [-0.3, -0.25) is 4.79 Å². The van der Waals surface area contributed by atoms with Crippen LogP contribution in [-0.2, 0) is 5.41 Å². The maximum atomic E-state index is 14.1. The van der Waals surface area contributed by atoms with Crippen LogP contribution in [0.15, 0.2) is 66.7 Å². The zero-order valence-corrected chi connectivity index (χ0v) is 22.2. The number of likely N-dealkylation sites (tertiary alicyclic amines) is 1. The molecule has 2 aliphatic rings. The van der Waals surface area contributed by atoms with Crippen LogP contribution in [0.5, 0.6) is 5.75 Å². The van der Waals surface area contributed by atoms with Crippen molar-refractivity contribution in [2.24, 2.45) is 11.8 Å². The highest BCUT2D eigenvalue weighted by molar-refractivity contribution is 5.98. The molecule has 1 aliphatic heterocycles. The summed E-state index contributed by atoms with van der Waals surface area (Å²) in [4.78, 5) is 18.8. The maximum absolute atomic E-state index is 14.1. The summed E-state index contributed by atoms with van der Waals surface area (Å²) in [6, 6.07) is 23.4. The summed E-state index contributed by atoms with van der Waals surface area (Å²) in [5.41, 5.74) is 2.26. The minimum atomic E-state index is 0.0723. The van der Waals surface area contributed by atoms with E-state index in [-0.39, 0.29) is 17.4 Å². The Morgan fingerprint density at radius 3 is 2.64 bits per heavy atom. The molecule has 0 aromatic heterocycles. The number of nitrogens with zero attached hydrogens (tertiary/aromatic N) is 2. The van der Waals surface area contributed by atoms with E-state index in [0.29, 0.717) is 11.8 Å². The van der Waals surface area contributed by atoms with E-state index in [1.807, 2.05) is 24.3 Å². The van der Waals surface area contributed by atoms with Crippen LogP contribution in [0.4, 0.5) is 0 Å². The predicted molar refractivity (Wildman–Crippen MR) is 148 cm³/mol. The van der Waals surface area contributed by atoms with E-state index in [2.05, 4.69) is 73.2 Å². The molecule has 0 bridgehead atoms. The second-order valence-corrected chi connectivity index (χ2v) is 11.4. The fourth-order valence-electron chi connectivity index (χ4n) is 6.77. The van der Waals surface area contributed by atoms with Gasteiger partial charge < -0.3 is 14.5 Å². The fourth-order valence-corrected chi connectivity index (χ4v) is 6.77. The van der Waals surface area contributed by atoms with Crippen molar-refractivity contribution in [1.82, 2.24) is 9.80 Å². The minimum absolute atomic E-state index is 0.0723. The second kappa shape index (κ2) is 10.3. The molecule has 3 unspecified atom stereocenters. The number of carbonyl (C=O) groups is 1. The average molecular weight is 485 g/mol. The number of hydrogen-bond acceptors (Lipinski definition) is 3. The molecule has 0 spiro atoms. The Bertz CT molecular complexity index is 1220. The van der Waals surface area contributed by atoms with E-state index in [9.17, 15) is 4.79 Å². The highest BCUT2D eigenvalue weighted by Gasteiger charge is 2.49. The van der Waals surface area contributed by atoms with Gasteiger partial charge in [-0.1, -0.05) is 56.3 Å². The molecule has 190 valence electrons. The Balaban J connectivity index is 1.50. The normalized spacial score (nSPS) is 24.5. The number of fused-ring (bicyclic) bond motifs is 2. The summed E-state index contributed by atoms with van der Waals surface area (Å²) in [6.07, 6.45) is 4.35. The summed E-state index contributed by atoms with van der Waals surface area (Å²) in [6.45, 7) is 7.43. The molecule has 3 atom stereocenters. The van der Waals surface area contributed by atoms with Crippen LogP contribution < -0.4 is 4.74 Å². The van der Waals surface area contributed by atoms with E-state index >= 15 is 0 Å². The van der Waals surface area contributed by atoms with Crippen LogP contribution >= 0.6 is 0 Å². The molecule has 1 saturated heterocycles. The lowest BCUT2D eigenvalue weighted by molar-refractivity contribution is 0.0170. The first-order chi connectivity index (χ1) is 17.4. The molecule has 1 heterocycles. The Morgan fingerprint density at radius 2 is 1.86 bits per heavy atom. The van der Waals surface area contributed by atoms with Crippen LogP contribution in [0.2, 0.25) is 0 Å². The number of rotatable bonds is 6. The van der Waals surface area contributed by atoms with Crippen molar-refractivity contribution in [2.45, 2.75) is 51.0 Å². The van der Waals surface area contributed by atoms with Crippen molar-refractivity contribution in [3.05, 3.63) is 77.9 Å². The minimum Gasteiger partial charge on any atom is -0.497 e. The van der Waals surface area contributed by atoms with Gasteiger partial charge in [0.15, 0.2) is 0 Å². The SMILES string of the molecule is COc1cccc(C23CCN(C)CC2CCC(N(CC(C)C)C(=O)c2ccc4ccccc4c2)C3)c1. The van der Waals surface area contributed by atoms with Crippen molar-refractivity contribution in [2.75, 3.05) is 33.8 Å². The lowest BCUT2D eigenvalue weighted by atomic mass is 9.57. The van der Waals surface area contributed by atoms with Gasteiger partial charge in [-0.2, -0.15) is 0 Å². The summed E-state index contributed by atoms with van der Waals surface area (Å²) in [5.74, 6) is 2.10. The Hall–Kier alpha value is -2.85. The quantitative estimate of drug-likeness (QED) is 0.406. The molecule has 3 aromatic carbocycles. The molecule has 3 aromatic rings. The van der Waals surface area contributed by atoms with Crippen LogP contribution in [0.1, 0.15) is 55.5 Å².